The van der Waals surface area contributed by atoms with E-state index in [1.807, 2.05) is 6.07 Å². The van der Waals surface area contributed by atoms with Gasteiger partial charge in [0, 0.05) is 18.9 Å². The number of aromatic amines is 1. The predicted octanol–water partition coefficient (Wildman–Crippen LogP) is -0.969. The molecule has 2 aromatic heterocycles. The summed E-state index contributed by atoms with van der Waals surface area (Å²) in [6.07, 6.45) is 3.13. The second-order valence-corrected chi connectivity index (χ2v) is 3.16. The molecule has 0 amide bonds. The van der Waals surface area contributed by atoms with Gasteiger partial charge in [-0.1, -0.05) is 0 Å². The number of rotatable bonds is 3. The van der Waals surface area contributed by atoms with Gasteiger partial charge in [-0.15, -0.1) is 0 Å². The zero-order chi connectivity index (χ0) is 12.3. The molecule has 0 saturated heterocycles. The molecule has 1 N–H and O–H groups in total. The highest BCUT2D eigenvalue weighted by Gasteiger charge is 2.06. The Bertz CT molecular complexity index is 629. The van der Waals surface area contributed by atoms with E-state index in [1.54, 1.807) is 12.3 Å². The highest BCUT2D eigenvalue weighted by atomic mass is 16.2. The third-order valence-corrected chi connectivity index (χ3v) is 2.06. The summed E-state index contributed by atoms with van der Waals surface area (Å²) >= 11 is 0. The Hall–Kier alpha value is -2.69. The zero-order valence-corrected chi connectivity index (χ0v) is 8.70. The van der Waals surface area contributed by atoms with Gasteiger partial charge in [0.25, 0.3) is 0 Å². The standard InChI is InChI=1S/C9H8N6O2/c10-3-1-5-14-8(16)12-7(13-9(14)17)15-6-2-4-11-15/h2,4,6H,1,5H2,(H,12,13,16,17). The van der Waals surface area contributed by atoms with Gasteiger partial charge in [-0.3, -0.25) is 4.98 Å². The van der Waals surface area contributed by atoms with Gasteiger partial charge >= 0.3 is 11.4 Å². The smallest absolute Gasteiger partial charge is 0.275 e. The third-order valence-electron chi connectivity index (χ3n) is 2.06. The lowest BCUT2D eigenvalue weighted by Gasteiger charge is -2.02. The summed E-state index contributed by atoms with van der Waals surface area (Å²) in [6, 6.07) is 3.50. The largest absolute Gasteiger partial charge is 0.355 e. The number of nitrogens with zero attached hydrogens (tertiary/aromatic N) is 5. The van der Waals surface area contributed by atoms with Crippen molar-refractivity contribution in [2.75, 3.05) is 0 Å². The van der Waals surface area contributed by atoms with Gasteiger partial charge in [0.2, 0.25) is 5.95 Å². The van der Waals surface area contributed by atoms with E-state index in [4.69, 9.17) is 5.26 Å². The number of nitrogens with one attached hydrogen (secondary N) is 1. The van der Waals surface area contributed by atoms with E-state index >= 15 is 0 Å². The topological polar surface area (TPSA) is 109 Å². The molecule has 0 aliphatic rings. The van der Waals surface area contributed by atoms with E-state index in [0.29, 0.717) is 0 Å². The Morgan fingerprint density at radius 3 is 2.88 bits per heavy atom. The molecule has 0 saturated carbocycles. The van der Waals surface area contributed by atoms with Crippen LogP contribution in [-0.2, 0) is 6.54 Å². The maximum Gasteiger partial charge on any atom is 0.355 e. The molecule has 0 spiro atoms. The molecule has 0 fully saturated rings. The van der Waals surface area contributed by atoms with E-state index < -0.39 is 11.4 Å². The minimum atomic E-state index is -0.700. The van der Waals surface area contributed by atoms with E-state index in [2.05, 4.69) is 15.1 Å². The highest BCUT2D eigenvalue weighted by Crippen LogP contribution is 1.91. The van der Waals surface area contributed by atoms with E-state index in [-0.39, 0.29) is 18.9 Å². The number of hydrogen-bond donors (Lipinski definition) is 1. The summed E-state index contributed by atoms with van der Waals surface area (Å²) < 4.78 is 2.15. The van der Waals surface area contributed by atoms with Crippen molar-refractivity contribution >= 4 is 0 Å². The predicted molar refractivity (Wildman–Crippen MR) is 56.5 cm³/mol. The van der Waals surface area contributed by atoms with Gasteiger partial charge in [-0.2, -0.15) is 15.3 Å². The van der Waals surface area contributed by atoms with E-state index in [0.717, 1.165) is 4.57 Å². The fourth-order valence-corrected chi connectivity index (χ4v) is 1.29. The van der Waals surface area contributed by atoms with Gasteiger partial charge in [0.15, 0.2) is 0 Å². The molecule has 0 unspecified atom stereocenters. The SMILES string of the molecule is N#CCCn1c(=O)nc(-n2cccn2)[nH]c1=O. The van der Waals surface area contributed by atoms with Crippen molar-refractivity contribution in [2.24, 2.45) is 0 Å². The van der Waals surface area contributed by atoms with Crippen molar-refractivity contribution in [2.45, 2.75) is 13.0 Å². The molecule has 0 radical (unpaired) electrons. The molecule has 17 heavy (non-hydrogen) atoms. The van der Waals surface area contributed by atoms with Gasteiger partial charge in [0.1, 0.15) is 0 Å². The Morgan fingerprint density at radius 2 is 2.29 bits per heavy atom. The molecule has 2 aromatic rings. The summed E-state index contributed by atoms with van der Waals surface area (Å²) in [5, 5.41) is 12.2. The summed E-state index contributed by atoms with van der Waals surface area (Å²) in [5.74, 6) is 0.0539. The number of hydrogen-bond acceptors (Lipinski definition) is 5. The van der Waals surface area contributed by atoms with Crippen molar-refractivity contribution in [1.29, 1.82) is 5.26 Å². The molecule has 0 aliphatic carbocycles. The Kier molecular flexibility index (Phi) is 2.83. The van der Waals surface area contributed by atoms with Crippen molar-refractivity contribution in [3.63, 3.8) is 0 Å². The Labute approximate surface area is 94.8 Å². The average Bonchev–Trinajstić information content (AvgIpc) is 2.81. The van der Waals surface area contributed by atoms with Crippen LogP contribution in [0.15, 0.2) is 28.0 Å². The lowest BCUT2D eigenvalue weighted by molar-refractivity contribution is 0.601. The van der Waals surface area contributed by atoms with Crippen molar-refractivity contribution < 1.29 is 0 Å². The summed E-state index contributed by atoms with van der Waals surface area (Å²) in [5.41, 5.74) is -1.31. The van der Waals surface area contributed by atoms with Crippen LogP contribution >= 0.6 is 0 Å². The number of aromatic nitrogens is 5. The number of H-pyrrole nitrogens is 1. The Morgan fingerprint density at radius 1 is 1.47 bits per heavy atom. The van der Waals surface area contributed by atoms with Crippen LogP contribution in [0.5, 0.6) is 0 Å². The summed E-state index contributed by atoms with van der Waals surface area (Å²) in [6.45, 7) is 0.0249. The van der Waals surface area contributed by atoms with Gasteiger partial charge in [0.05, 0.1) is 12.5 Å². The van der Waals surface area contributed by atoms with Crippen LogP contribution in [0.2, 0.25) is 0 Å². The van der Waals surface area contributed by atoms with Crippen LogP contribution in [-0.4, -0.2) is 24.3 Å². The summed E-state index contributed by atoms with van der Waals surface area (Å²) in [4.78, 5) is 29.2. The van der Waals surface area contributed by atoms with E-state index in [1.165, 1.54) is 10.9 Å². The highest BCUT2D eigenvalue weighted by molar-refractivity contribution is 5.05. The van der Waals surface area contributed by atoms with Crippen molar-refractivity contribution in [1.82, 2.24) is 24.3 Å². The van der Waals surface area contributed by atoms with Gasteiger partial charge in [-0.05, 0) is 6.07 Å². The van der Waals surface area contributed by atoms with Crippen LogP contribution < -0.4 is 11.4 Å². The number of nitriles is 1. The monoisotopic (exact) mass is 232 g/mol. The quantitative estimate of drug-likeness (QED) is 0.732. The maximum atomic E-state index is 11.6. The second kappa shape index (κ2) is 4.44. The first kappa shape index (κ1) is 10.8. The molecule has 0 atom stereocenters. The lowest BCUT2D eigenvalue weighted by atomic mass is 10.5. The lowest BCUT2D eigenvalue weighted by Crippen LogP contribution is -2.38. The average molecular weight is 232 g/mol. The summed E-state index contributed by atoms with van der Waals surface area (Å²) in [7, 11) is 0. The van der Waals surface area contributed by atoms with Gasteiger partial charge < -0.3 is 0 Å². The van der Waals surface area contributed by atoms with Crippen LogP contribution in [0.1, 0.15) is 6.42 Å². The van der Waals surface area contributed by atoms with Crippen LogP contribution in [0, 0.1) is 11.3 Å². The zero-order valence-electron chi connectivity index (χ0n) is 8.70. The molecule has 0 aliphatic heterocycles. The molecule has 8 heteroatoms. The molecule has 0 aromatic carbocycles. The molecular formula is C9H8N6O2. The van der Waals surface area contributed by atoms with Crippen LogP contribution in [0.25, 0.3) is 5.95 Å². The molecule has 2 rings (SSSR count). The molecule has 0 bridgehead atoms. The molecule has 2 heterocycles. The first-order chi connectivity index (χ1) is 8.22. The minimum Gasteiger partial charge on any atom is -0.275 e. The van der Waals surface area contributed by atoms with Crippen LogP contribution in [0.4, 0.5) is 0 Å². The molecule has 8 nitrogen and oxygen atoms in total. The fourth-order valence-electron chi connectivity index (χ4n) is 1.29. The van der Waals surface area contributed by atoms with Gasteiger partial charge in [-0.25, -0.2) is 18.8 Å². The van der Waals surface area contributed by atoms with Crippen molar-refractivity contribution in [3.8, 4) is 12.0 Å². The van der Waals surface area contributed by atoms with E-state index in [9.17, 15) is 9.59 Å². The third kappa shape index (κ3) is 2.12. The molecule has 86 valence electrons. The Balaban J connectivity index is 2.47. The minimum absolute atomic E-state index is 0.0249. The van der Waals surface area contributed by atoms with Crippen molar-refractivity contribution in [3.05, 3.63) is 39.4 Å². The second-order valence-electron chi connectivity index (χ2n) is 3.16. The van der Waals surface area contributed by atoms with Crippen LogP contribution in [0.3, 0.4) is 0 Å². The first-order valence-electron chi connectivity index (χ1n) is 4.80. The maximum absolute atomic E-state index is 11.6. The molecular weight excluding hydrogens is 224 g/mol. The fraction of sp³-hybridized carbons (Fsp3) is 0.222. The normalized spacial score (nSPS) is 10.1. The first-order valence-corrected chi connectivity index (χ1v) is 4.80.